The number of carbonyl (C=O) groups is 3. The Morgan fingerprint density at radius 1 is 0.646 bits per heavy atom. The number of carbonyl (C=O) groups excluding carboxylic acids is 3. The minimum absolute atomic E-state index is 0.108. The number of likely N-dealkylation sites (tertiary alicyclic amines) is 1. The van der Waals surface area contributed by atoms with Crippen LogP contribution in [0.5, 0.6) is 0 Å². The molecule has 23 heteroatoms. The maximum Gasteiger partial charge on any atom is 0.407 e. The zero-order valence-electron chi connectivity index (χ0n) is 47.7. The highest BCUT2D eigenvalue weighted by atomic mass is 32.2. The zero-order chi connectivity index (χ0) is 57.4. The van der Waals surface area contributed by atoms with Gasteiger partial charge in [0.1, 0.15) is 6.29 Å². The summed E-state index contributed by atoms with van der Waals surface area (Å²) in [5.41, 5.74) is 2.95. The number of ether oxygens (including phenoxy) is 2. The van der Waals surface area contributed by atoms with Gasteiger partial charge in [0.05, 0.1) is 53.9 Å². The summed E-state index contributed by atoms with van der Waals surface area (Å²) in [4.78, 5) is 47.4. The van der Waals surface area contributed by atoms with Crippen LogP contribution in [0.2, 0.25) is 0 Å². The maximum atomic E-state index is 13.2. The number of benzene rings is 2. The molecule has 4 aromatic rings. The first kappa shape index (κ1) is 63.4. The lowest BCUT2D eigenvalue weighted by Crippen LogP contribution is -2.55. The molecular formula is C56H86N10O9S4. The predicted molar refractivity (Wildman–Crippen MR) is 316 cm³/mol. The normalized spacial score (nSPS) is 20.0. The quantitative estimate of drug-likeness (QED) is 0.0384. The third-order valence-corrected chi connectivity index (χ3v) is 19.2. The van der Waals surface area contributed by atoms with E-state index < -0.39 is 20.0 Å². The Hall–Kier alpha value is -4.75. The molecule has 4 aliphatic rings. The van der Waals surface area contributed by atoms with Crippen LogP contribution in [0, 0.1) is 11.8 Å². The number of aldehydes is 1. The van der Waals surface area contributed by atoms with Crippen LogP contribution in [0.3, 0.4) is 0 Å². The summed E-state index contributed by atoms with van der Waals surface area (Å²) in [6.45, 7) is 24.4. The Morgan fingerprint density at radius 2 is 1.05 bits per heavy atom. The van der Waals surface area contributed by atoms with Crippen molar-refractivity contribution in [3.05, 3.63) is 58.8 Å². The van der Waals surface area contributed by atoms with E-state index in [0.717, 1.165) is 122 Å². The van der Waals surface area contributed by atoms with Crippen molar-refractivity contribution >= 4 is 72.6 Å². The summed E-state index contributed by atoms with van der Waals surface area (Å²) in [6.07, 6.45) is 10.6. The number of nitrogens with zero attached hydrogens (tertiary/aromatic N) is 3. The van der Waals surface area contributed by atoms with Crippen molar-refractivity contribution in [3.8, 4) is 20.9 Å². The SMILES string of the molecule is CC(C)C=O.CCNS(=O)(=O)c1cc(NC2CN(CC(C)C)C2)ccc1-c1cnc(C2CCC(NC(=O)OC(C)C)CC2)s1.CCNS(=O)(=O)c1cc(NC2CNC2)ccc1-c1cnc(C2CCC(NC(=O)OC(C)C)CC2)s1. The third kappa shape index (κ3) is 19.2. The summed E-state index contributed by atoms with van der Waals surface area (Å²) in [5, 5.41) is 18.1. The van der Waals surface area contributed by atoms with E-state index in [1.165, 1.54) is 0 Å². The molecular weight excluding hydrogens is 1080 g/mol. The number of alkyl carbamates (subject to hydrolysis) is 2. The smallest absolute Gasteiger partial charge is 0.407 e. The van der Waals surface area contributed by atoms with E-state index in [1.54, 1.807) is 61.0 Å². The Kier molecular flexibility index (Phi) is 23.9. The molecule has 438 valence electrons. The monoisotopic (exact) mass is 1170 g/mol. The molecule has 2 aliphatic heterocycles. The highest BCUT2D eigenvalue weighted by molar-refractivity contribution is 7.90. The number of rotatable bonds is 21. The van der Waals surface area contributed by atoms with Gasteiger partial charge in [-0.3, -0.25) is 4.90 Å². The molecule has 0 radical (unpaired) electrons. The van der Waals surface area contributed by atoms with E-state index in [-0.39, 0.29) is 52.2 Å². The van der Waals surface area contributed by atoms with Crippen molar-refractivity contribution in [1.29, 1.82) is 0 Å². The Bertz CT molecular complexity index is 2820. The van der Waals surface area contributed by atoms with Gasteiger partial charge in [-0.2, -0.15) is 0 Å². The van der Waals surface area contributed by atoms with E-state index in [4.69, 9.17) is 14.5 Å². The highest BCUT2D eigenvalue weighted by Gasteiger charge is 2.31. The van der Waals surface area contributed by atoms with Gasteiger partial charge in [0.25, 0.3) is 0 Å². The molecule has 0 atom stereocenters. The van der Waals surface area contributed by atoms with E-state index in [0.29, 0.717) is 54.1 Å². The summed E-state index contributed by atoms with van der Waals surface area (Å²) in [7, 11) is -7.34. The Balaban J connectivity index is 0.000000236. The van der Waals surface area contributed by atoms with Gasteiger partial charge in [0, 0.05) is 111 Å². The number of anilines is 2. The van der Waals surface area contributed by atoms with Gasteiger partial charge in [-0.05, 0) is 109 Å². The Labute approximate surface area is 477 Å². The van der Waals surface area contributed by atoms with Gasteiger partial charge in [0.2, 0.25) is 20.0 Å². The predicted octanol–water partition coefficient (Wildman–Crippen LogP) is 9.52. The van der Waals surface area contributed by atoms with E-state index in [1.807, 2.05) is 65.8 Å². The second kappa shape index (κ2) is 29.8. The summed E-state index contributed by atoms with van der Waals surface area (Å²) >= 11 is 3.12. The molecule has 0 bridgehead atoms. The van der Waals surface area contributed by atoms with Gasteiger partial charge >= 0.3 is 12.2 Å². The van der Waals surface area contributed by atoms with E-state index in [2.05, 4.69) is 59.8 Å². The lowest BCUT2D eigenvalue weighted by atomic mass is 9.86. The lowest BCUT2D eigenvalue weighted by molar-refractivity contribution is -0.110. The second-order valence-corrected chi connectivity index (χ2v) is 27.8. The first-order chi connectivity index (χ1) is 37.6. The fourth-order valence-corrected chi connectivity index (χ4v) is 14.8. The van der Waals surface area contributed by atoms with Crippen LogP contribution in [-0.2, 0) is 34.3 Å². The molecule has 8 rings (SSSR count). The molecule has 4 fully saturated rings. The zero-order valence-corrected chi connectivity index (χ0v) is 51.0. The number of sulfonamides is 2. The highest BCUT2D eigenvalue weighted by Crippen LogP contribution is 2.42. The molecule has 0 unspecified atom stereocenters. The number of nitrogens with one attached hydrogen (secondary N) is 7. The van der Waals surface area contributed by atoms with Gasteiger partial charge in [-0.25, -0.2) is 45.8 Å². The number of hydrogen-bond donors (Lipinski definition) is 7. The van der Waals surface area contributed by atoms with E-state index >= 15 is 0 Å². The van der Waals surface area contributed by atoms with Gasteiger partial charge in [0.15, 0.2) is 0 Å². The van der Waals surface area contributed by atoms with Crippen LogP contribution in [0.1, 0.15) is 142 Å². The van der Waals surface area contributed by atoms with Gasteiger partial charge in [-0.15, -0.1) is 22.7 Å². The standard InChI is InChI=1S/C28H43N5O4S2.C24H35N5O4S2.C4H8O/c1-6-30-39(35,36)26-13-22(31-23-16-33(17-23)15-18(2)3)11-12-24(26)25-14-29-27(38-25)20-7-9-21(10-8-20)32-28(34)37-19(4)5;1-4-27-35(31,32)22-11-18(28-19-12-25-13-19)9-10-20(22)21-14-26-23(34-21)16-5-7-17(8-6-16)29-24(30)33-15(2)3;1-4(2)3-5/h11-14,18-21,23,30-31H,6-10,15-17H2,1-5H3,(H,32,34);9-11,14-17,19,25,27-28H,4-8,12-13H2,1-3H3,(H,29,30);3-4H,1-2H3. The Morgan fingerprint density at radius 3 is 1.39 bits per heavy atom. The topological polar surface area (TPSA) is 251 Å². The van der Waals surface area contributed by atoms with Crippen LogP contribution in [0.4, 0.5) is 21.0 Å². The van der Waals surface area contributed by atoms with Crippen LogP contribution < -0.4 is 36.0 Å². The van der Waals surface area contributed by atoms with Crippen molar-refractivity contribution in [2.75, 3.05) is 56.4 Å². The molecule has 2 saturated carbocycles. The second-order valence-electron chi connectivity index (χ2n) is 22.2. The average molecular weight is 1170 g/mol. The van der Waals surface area contributed by atoms with Crippen molar-refractivity contribution in [2.24, 2.45) is 11.8 Å². The summed E-state index contributed by atoms with van der Waals surface area (Å²) < 4.78 is 68.2. The van der Waals surface area contributed by atoms with Crippen molar-refractivity contribution in [3.63, 3.8) is 0 Å². The van der Waals surface area contributed by atoms with Crippen molar-refractivity contribution < 1.29 is 40.7 Å². The molecule has 2 saturated heterocycles. The maximum absolute atomic E-state index is 13.2. The molecule has 19 nitrogen and oxygen atoms in total. The molecule has 2 aromatic heterocycles. The molecule has 7 N–H and O–H groups in total. The molecule has 4 heterocycles. The minimum Gasteiger partial charge on any atom is -0.447 e. The van der Waals surface area contributed by atoms with Crippen molar-refractivity contribution in [2.45, 2.75) is 179 Å². The largest absolute Gasteiger partial charge is 0.447 e. The molecule has 2 aromatic carbocycles. The number of hydrogen-bond acceptors (Lipinski definition) is 17. The minimum atomic E-state index is -3.68. The molecule has 0 spiro atoms. The average Bonchev–Trinajstić information content (AvgIpc) is 4.07. The fraction of sp³-hybridized carbons (Fsp3) is 0.625. The number of amides is 2. The molecule has 2 aliphatic carbocycles. The first-order valence-corrected chi connectivity index (χ1v) is 32.7. The van der Waals surface area contributed by atoms with Gasteiger partial charge in [-0.1, -0.05) is 53.7 Å². The molecule has 79 heavy (non-hydrogen) atoms. The first-order valence-electron chi connectivity index (χ1n) is 28.1. The van der Waals surface area contributed by atoms with Crippen LogP contribution >= 0.6 is 22.7 Å². The van der Waals surface area contributed by atoms with Crippen LogP contribution in [0.15, 0.2) is 58.6 Å². The number of aromatic nitrogens is 2. The van der Waals surface area contributed by atoms with Crippen LogP contribution in [-0.4, -0.2) is 132 Å². The molecule has 2 amide bonds. The van der Waals surface area contributed by atoms with Crippen molar-refractivity contribution in [1.82, 2.24) is 40.3 Å². The van der Waals surface area contributed by atoms with Crippen LogP contribution in [0.25, 0.3) is 20.9 Å². The number of thiazole rings is 2. The van der Waals surface area contributed by atoms with E-state index in [9.17, 15) is 31.2 Å². The third-order valence-electron chi connectivity index (χ3n) is 13.6. The van der Waals surface area contributed by atoms with Gasteiger partial charge < -0.3 is 40.9 Å². The summed E-state index contributed by atoms with van der Waals surface area (Å²) in [6, 6.07) is 12.0. The fourth-order valence-electron chi connectivity index (χ4n) is 9.80. The lowest BCUT2D eigenvalue weighted by Gasteiger charge is -2.41. The summed E-state index contributed by atoms with van der Waals surface area (Å²) in [5.74, 6) is 1.43.